The standard InChI is InChI=1S/C14H29N3O3/c1-4-5-8-12(14(19)20)17-13(18)11(16-3)9-6-7-10-15-2/h11-12,15-16H,4-10H2,1-3H3,(H,17,18)(H,19,20). The van der Waals surface area contributed by atoms with Crippen LogP contribution in [0.15, 0.2) is 0 Å². The highest BCUT2D eigenvalue weighted by atomic mass is 16.4. The van der Waals surface area contributed by atoms with E-state index in [4.69, 9.17) is 5.11 Å². The second kappa shape index (κ2) is 11.7. The number of hydrogen-bond acceptors (Lipinski definition) is 4. The molecular weight excluding hydrogens is 258 g/mol. The number of carbonyl (C=O) groups is 2. The van der Waals surface area contributed by atoms with Gasteiger partial charge in [0.25, 0.3) is 0 Å². The maximum Gasteiger partial charge on any atom is 0.326 e. The summed E-state index contributed by atoms with van der Waals surface area (Å²) in [6.07, 6.45) is 4.83. The van der Waals surface area contributed by atoms with Gasteiger partial charge in [-0.1, -0.05) is 26.2 Å². The Bertz CT molecular complexity index is 285. The number of amides is 1. The molecule has 0 saturated heterocycles. The van der Waals surface area contributed by atoms with Gasteiger partial charge in [-0.2, -0.15) is 0 Å². The molecule has 0 spiro atoms. The van der Waals surface area contributed by atoms with Gasteiger partial charge in [0, 0.05) is 0 Å². The van der Waals surface area contributed by atoms with Crippen LogP contribution in [0.4, 0.5) is 0 Å². The van der Waals surface area contributed by atoms with Crippen LogP contribution in [-0.4, -0.2) is 49.7 Å². The first-order valence-electron chi connectivity index (χ1n) is 7.41. The van der Waals surface area contributed by atoms with Crippen LogP contribution < -0.4 is 16.0 Å². The molecule has 0 aliphatic carbocycles. The first kappa shape index (κ1) is 18.9. The average molecular weight is 287 g/mol. The number of hydrogen-bond donors (Lipinski definition) is 4. The van der Waals surface area contributed by atoms with Crippen LogP contribution in [0.1, 0.15) is 45.4 Å². The SMILES string of the molecule is CCCCC(NC(=O)C(CCCCNC)NC)C(=O)O. The van der Waals surface area contributed by atoms with E-state index in [-0.39, 0.29) is 11.9 Å². The summed E-state index contributed by atoms with van der Waals surface area (Å²) in [5.41, 5.74) is 0. The first-order valence-corrected chi connectivity index (χ1v) is 7.41. The van der Waals surface area contributed by atoms with Crippen molar-refractivity contribution in [3.8, 4) is 0 Å². The molecule has 118 valence electrons. The number of likely N-dealkylation sites (N-methyl/N-ethyl adjacent to an activating group) is 1. The molecule has 2 atom stereocenters. The molecule has 0 rings (SSSR count). The van der Waals surface area contributed by atoms with Crippen molar-refractivity contribution in [1.82, 2.24) is 16.0 Å². The lowest BCUT2D eigenvalue weighted by Crippen LogP contribution is -2.49. The monoisotopic (exact) mass is 287 g/mol. The summed E-state index contributed by atoms with van der Waals surface area (Å²) in [5, 5.41) is 17.7. The highest BCUT2D eigenvalue weighted by Gasteiger charge is 2.23. The van der Waals surface area contributed by atoms with Crippen molar-refractivity contribution >= 4 is 11.9 Å². The average Bonchev–Trinajstić information content (AvgIpc) is 2.43. The molecule has 4 N–H and O–H groups in total. The third-order valence-corrected chi connectivity index (χ3v) is 3.30. The number of carboxylic acid groups (broad SMARTS) is 1. The minimum Gasteiger partial charge on any atom is -0.480 e. The lowest BCUT2D eigenvalue weighted by Gasteiger charge is -2.20. The molecule has 0 bridgehead atoms. The topological polar surface area (TPSA) is 90.5 Å². The summed E-state index contributed by atoms with van der Waals surface area (Å²) in [5.74, 6) is -1.18. The van der Waals surface area contributed by atoms with E-state index in [0.717, 1.165) is 32.2 Å². The third kappa shape index (κ3) is 8.12. The molecule has 0 aromatic heterocycles. The van der Waals surface area contributed by atoms with E-state index in [1.807, 2.05) is 14.0 Å². The van der Waals surface area contributed by atoms with Crippen LogP contribution >= 0.6 is 0 Å². The normalized spacial score (nSPS) is 13.8. The van der Waals surface area contributed by atoms with Crippen LogP contribution in [0.25, 0.3) is 0 Å². The van der Waals surface area contributed by atoms with E-state index >= 15 is 0 Å². The van der Waals surface area contributed by atoms with Crippen LogP contribution in [0.2, 0.25) is 0 Å². The van der Waals surface area contributed by atoms with Crippen molar-refractivity contribution in [2.45, 2.75) is 57.5 Å². The second-order valence-electron chi connectivity index (χ2n) is 4.98. The Kier molecular flexibility index (Phi) is 11.0. The lowest BCUT2D eigenvalue weighted by atomic mass is 10.1. The number of carbonyl (C=O) groups excluding carboxylic acids is 1. The van der Waals surface area contributed by atoms with E-state index in [0.29, 0.717) is 12.8 Å². The number of nitrogens with one attached hydrogen (secondary N) is 3. The molecule has 0 heterocycles. The number of unbranched alkanes of at least 4 members (excludes halogenated alkanes) is 2. The summed E-state index contributed by atoms with van der Waals surface area (Å²) in [4.78, 5) is 23.2. The quantitative estimate of drug-likeness (QED) is 0.397. The first-order chi connectivity index (χ1) is 9.56. The van der Waals surface area contributed by atoms with Gasteiger partial charge in [-0.15, -0.1) is 0 Å². The van der Waals surface area contributed by atoms with E-state index < -0.39 is 12.0 Å². The van der Waals surface area contributed by atoms with E-state index in [9.17, 15) is 9.59 Å². The summed E-state index contributed by atoms with van der Waals surface area (Å²) in [6, 6.07) is -1.11. The van der Waals surface area contributed by atoms with Crippen molar-refractivity contribution in [2.75, 3.05) is 20.6 Å². The zero-order valence-electron chi connectivity index (χ0n) is 12.9. The van der Waals surface area contributed by atoms with Gasteiger partial charge in [-0.3, -0.25) is 4.79 Å². The fraction of sp³-hybridized carbons (Fsp3) is 0.857. The zero-order valence-corrected chi connectivity index (χ0v) is 12.9. The smallest absolute Gasteiger partial charge is 0.326 e. The largest absolute Gasteiger partial charge is 0.480 e. The minimum atomic E-state index is -0.961. The van der Waals surface area contributed by atoms with Crippen molar-refractivity contribution in [2.24, 2.45) is 0 Å². The van der Waals surface area contributed by atoms with Crippen molar-refractivity contribution in [3.63, 3.8) is 0 Å². The molecule has 0 aliphatic rings. The van der Waals surface area contributed by atoms with Crippen molar-refractivity contribution in [1.29, 1.82) is 0 Å². The highest BCUT2D eigenvalue weighted by molar-refractivity contribution is 5.86. The predicted molar refractivity (Wildman–Crippen MR) is 79.7 cm³/mol. The van der Waals surface area contributed by atoms with Crippen molar-refractivity contribution < 1.29 is 14.7 Å². The van der Waals surface area contributed by atoms with Crippen molar-refractivity contribution in [3.05, 3.63) is 0 Å². The third-order valence-electron chi connectivity index (χ3n) is 3.30. The number of rotatable bonds is 12. The molecule has 0 aromatic rings. The number of aliphatic carboxylic acids is 1. The molecule has 6 heteroatoms. The maximum atomic E-state index is 12.1. The molecule has 6 nitrogen and oxygen atoms in total. The highest BCUT2D eigenvalue weighted by Crippen LogP contribution is 2.04. The van der Waals surface area contributed by atoms with Gasteiger partial charge in [-0.05, 0) is 39.9 Å². The summed E-state index contributed by atoms with van der Waals surface area (Å²) < 4.78 is 0. The van der Waals surface area contributed by atoms with Gasteiger partial charge in [0.1, 0.15) is 6.04 Å². The van der Waals surface area contributed by atoms with Crippen LogP contribution in [-0.2, 0) is 9.59 Å². The van der Waals surface area contributed by atoms with E-state index in [2.05, 4.69) is 16.0 Å². The van der Waals surface area contributed by atoms with Gasteiger partial charge < -0.3 is 21.1 Å². The second-order valence-corrected chi connectivity index (χ2v) is 4.98. The van der Waals surface area contributed by atoms with Gasteiger partial charge in [0.15, 0.2) is 0 Å². The van der Waals surface area contributed by atoms with E-state index in [1.54, 1.807) is 7.05 Å². The fourth-order valence-electron chi connectivity index (χ4n) is 1.99. The Morgan fingerprint density at radius 1 is 1.05 bits per heavy atom. The van der Waals surface area contributed by atoms with Crippen LogP contribution in [0.5, 0.6) is 0 Å². The summed E-state index contributed by atoms with van der Waals surface area (Å²) >= 11 is 0. The Morgan fingerprint density at radius 2 is 1.70 bits per heavy atom. The molecule has 0 aromatic carbocycles. The summed E-state index contributed by atoms with van der Waals surface area (Å²) in [6.45, 7) is 2.92. The molecule has 0 saturated carbocycles. The maximum absolute atomic E-state index is 12.1. The molecule has 0 aliphatic heterocycles. The van der Waals surface area contributed by atoms with Gasteiger partial charge >= 0.3 is 5.97 Å². The lowest BCUT2D eigenvalue weighted by molar-refractivity contribution is -0.142. The fourth-order valence-corrected chi connectivity index (χ4v) is 1.99. The molecule has 1 amide bonds. The Labute approximate surface area is 121 Å². The van der Waals surface area contributed by atoms with Crippen LogP contribution in [0, 0.1) is 0 Å². The van der Waals surface area contributed by atoms with Gasteiger partial charge in [0.2, 0.25) is 5.91 Å². The Balaban J connectivity index is 4.24. The molecular formula is C14H29N3O3. The van der Waals surface area contributed by atoms with Gasteiger partial charge in [0.05, 0.1) is 6.04 Å². The summed E-state index contributed by atoms with van der Waals surface area (Å²) in [7, 11) is 3.62. The molecule has 2 unspecified atom stereocenters. The van der Waals surface area contributed by atoms with Crippen LogP contribution in [0.3, 0.4) is 0 Å². The molecule has 20 heavy (non-hydrogen) atoms. The Morgan fingerprint density at radius 3 is 2.20 bits per heavy atom. The Hall–Kier alpha value is -1.14. The molecule has 0 fully saturated rings. The predicted octanol–water partition coefficient (Wildman–Crippen LogP) is 0.724. The number of carboxylic acids is 1. The van der Waals surface area contributed by atoms with Gasteiger partial charge in [-0.25, -0.2) is 4.79 Å². The molecule has 0 radical (unpaired) electrons. The zero-order chi connectivity index (χ0) is 15.4. The minimum absolute atomic E-state index is 0.222. The van der Waals surface area contributed by atoms with E-state index in [1.165, 1.54) is 0 Å².